The highest BCUT2D eigenvalue weighted by Gasteiger charge is 2.10. The maximum Gasteiger partial charge on any atom is 0.294 e. The van der Waals surface area contributed by atoms with E-state index in [2.05, 4.69) is 10.9 Å². The van der Waals surface area contributed by atoms with Crippen molar-refractivity contribution in [3.8, 4) is 12.1 Å². The third kappa shape index (κ3) is 3.22. The van der Waals surface area contributed by atoms with Gasteiger partial charge in [-0.05, 0) is 6.07 Å². The molecule has 1 rings (SSSR count). The maximum atomic E-state index is 10.6. The molecule has 0 aliphatic carbocycles. The van der Waals surface area contributed by atoms with Crippen LogP contribution in [0.25, 0.3) is 0 Å². The third-order valence-electron chi connectivity index (χ3n) is 1.76. The van der Waals surface area contributed by atoms with Crippen molar-refractivity contribution in [3.63, 3.8) is 0 Å². The van der Waals surface area contributed by atoms with E-state index in [0.29, 0.717) is 0 Å². The predicted octanol–water partition coefficient (Wildman–Crippen LogP) is 1.44. The molecule has 7 heteroatoms. The van der Waals surface area contributed by atoms with Crippen LogP contribution in [0.3, 0.4) is 0 Å². The molecule has 0 saturated carbocycles. The van der Waals surface area contributed by atoms with E-state index in [1.807, 2.05) is 0 Å². The molecule has 0 amide bonds. The fourth-order valence-corrected chi connectivity index (χ4v) is 1.01. The molecular weight excluding hydrogens is 222 g/mol. The second-order valence-corrected chi connectivity index (χ2v) is 2.83. The van der Waals surface area contributed by atoms with Crippen LogP contribution in [-0.2, 0) is 0 Å². The predicted molar refractivity (Wildman–Crippen MR) is 59.2 cm³/mol. The Balaban J connectivity index is 2.78. The van der Waals surface area contributed by atoms with Crippen LogP contribution >= 0.6 is 0 Å². The molecule has 84 valence electrons. The second kappa shape index (κ2) is 5.73. The number of hydrazine groups is 1. The van der Waals surface area contributed by atoms with Gasteiger partial charge in [0, 0.05) is 12.3 Å². The molecule has 0 aromatic heterocycles. The van der Waals surface area contributed by atoms with Crippen LogP contribution in [0.1, 0.15) is 0 Å². The van der Waals surface area contributed by atoms with Crippen molar-refractivity contribution in [1.29, 1.82) is 10.5 Å². The number of benzene rings is 1. The standard InChI is InChI=1S/C10H7N5O2/c11-5-8(6-12)7-13-14-9-3-1-2-4-10(9)15(16)17/h1-4,7,13-14H. The van der Waals surface area contributed by atoms with E-state index in [9.17, 15) is 10.1 Å². The van der Waals surface area contributed by atoms with Crippen LogP contribution in [0.2, 0.25) is 0 Å². The lowest BCUT2D eigenvalue weighted by atomic mass is 10.3. The summed E-state index contributed by atoms with van der Waals surface area (Å²) in [7, 11) is 0. The quantitative estimate of drug-likeness (QED) is 0.458. The number of para-hydroxylation sites is 2. The number of hydrogen-bond acceptors (Lipinski definition) is 6. The van der Waals surface area contributed by atoms with Crippen LogP contribution in [0.15, 0.2) is 36.0 Å². The van der Waals surface area contributed by atoms with Crippen molar-refractivity contribution in [2.45, 2.75) is 0 Å². The van der Waals surface area contributed by atoms with Gasteiger partial charge < -0.3 is 5.43 Å². The summed E-state index contributed by atoms with van der Waals surface area (Å²) in [6.07, 6.45) is 1.12. The minimum Gasteiger partial charge on any atom is -0.306 e. The molecule has 0 aliphatic rings. The number of nitro groups is 1. The van der Waals surface area contributed by atoms with Crippen LogP contribution in [0, 0.1) is 32.8 Å². The number of anilines is 1. The first-order valence-electron chi connectivity index (χ1n) is 4.44. The van der Waals surface area contributed by atoms with Gasteiger partial charge in [0.15, 0.2) is 0 Å². The fourth-order valence-electron chi connectivity index (χ4n) is 1.01. The smallest absolute Gasteiger partial charge is 0.294 e. The normalized spacial score (nSPS) is 8.35. The minimum atomic E-state index is -0.538. The molecule has 0 aliphatic heterocycles. The monoisotopic (exact) mass is 229 g/mol. The summed E-state index contributed by atoms with van der Waals surface area (Å²) < 4.78 is 0. The Morgan fingerprint density at radius 1 is 1.35 bits per heavy atom. The summed E-state index contributed by atoms with van der Waals surface area (Å²) in [6.45, 7) is 0. The molecular formula is C10H7N5O2. The average Bonchev–Trinajstić information content (AvgIpc) is 2.35. The number of nitrogens with one attached hydrogen (secondary N) is 2. The number of rotatable bonds is 4. The highest BCUT2D eigenvalue weighted by molar-refractivity contribution is 5.60. The first-order valence-corrected chi connectivity index (χ1v) is 4.44. The lowest BCUT2D eigenvalue weighted by Crippen LogP contribution is -2.16. The zero-order chi connectivity index (χ0) is 12.7. The third-order valence-corrected chi connectivity index (χ3v) is 1.76. The second-order valence-electron chi connectivity index (χ2n) is 2.83. The molecule has 7 nitrogen and oxygen atoms in total. The summed E-state index contributed by atoms with van der Waals surface area (Å²) >= 11 is 0. The Labute approximate surface area is 96.7 Å². The van der Waals surface area contributed by atoms with E-state index < -0.39 is 4.92 Å². The fraction of sp³-hybridized carbons (Fsp3) is 0. The van der Waals surface area contributed by atoms with Gasteiger partial charge in [-0.3, -0.25) is 15.5 Å². The van der Waals surface area contributed by atoms with E-state index in [4.69, 9.17) is 10.5 Å². The van der Waals surface area contributed by atoms with E-state index in [0.717, 1.165) is 6.20 Å². The van der Waals surface area contributed by atoms with Crippen LogP contribution < -0.4 is 10.9 Å². The SMILES string of the molecule is N#CC(C#N)=CNNc1ccccc1[N+](=O)[O-]. The minimum absolute atomic E-state index is 0.108. The molecule has 2 N–H and O–H groups in total. The molecule has 0 heterocycles. The van der Waals surface area contributed by atoms with E-state index in [-0.39, 0.29) is 16.9 Å². The maximum absolute atomic E-state index is 10.6. The molecule has 0 bridgehead atoms. The lowest BCUT2D eigenvalue weighted by molar-refractivity contribution is -0.384. The van der Waals surface area contributed by atoms with E-state index >= 15 is 0 Å². The van der Waals surface area contributed by atoms with Gasteiger partial charge in [-0.1, -0.05) is 12.1 Å². The molecule has 0 saturated heterocycles. The summed E-state index contributed by atoms with van der Waals surface area (Å²) in [5, 5.41) is 27.5. The Morgan fingerprint density at radius 2 is 2.00 bits per heavy atom. The van der Waals surface area contributed by atoms with Crippen molar-refractivity contribution in [1.82, 2.24) is 5.43 Å². The van der Waals surface area contributed by atoms with Gasteiger partial charge in [-0.15, -0.1) is 0 Å². The molecule has 17 heavy (non-hydrogen) atoms. The largest absolute Gasteiger partial charge is 0.306 e. The number of nitro benzene ring substituents is 1. The average molecular weight is 229 g/mol. The summed E-state index contributed by atoms with van der Waals surface area (Å²) in [4.78, 5) is 10.1. The Hall–Kier alpha value is -3.06. The van der Waals surface area contributed by atoms with Crippen LogP contribution in [0.5, 0.6) is 0 Å². The van der Waals surface area contributed by atoms with Crippen molar-refractivity contribution >= 4 is 11.4 Å². The molecule has 0 radical (unpaired) electrons. The van der Waals surface area contributed by atoms with Crippen molar-refractivity contribution < 1.29 is 4.92 Å². The summed E-state index contributed by atoms with van der Waals surface area (Å²) in [5.41, 5.74) is 4.95. The van der Waals surface area contributed by atoms with Gasteiger partial charge in [0.25, 0.3) is 5.69 Å². The highest BCUT2D eigenvalue weighted by Crippen LogP contribution is 2.21. The van der Waals surface area contributed by atoms with Gasteiger partial charge in [-0.2, -0.15) is 10.5 Å². The van der Waals surface area contributed by atoms with Crippen LogP contribution in [0.4, 0.5) is 11.4 Å². The molecule has 0 fully saturated rings. The summed E-state index contributed by atoms with van der Waals surface area (Å²) in [6, 6.07) is 9.27. The molecule has 0 atom stereocenters. The van der Waals surface area contributed by atoms with Crippen molar-refractivity contribution in [2.75, 3.05) is 5.43 Å². The summed E-state index contributed by atoms with van der Waals surface area (Å²) in [5.74, 6) is 0. The zero-order valence-electron chi connectivity index (χ0n) is 8.54. The zero-order valence-corrected chi connectivity index (χ0v) is 8.54. The van der Waals surface area contributed by atoms with Crippen molar-refractivity contribution in [3.05, 3.63) is 46.2 Å². The van der Waals surface area contributed by atoms with E-state index in [1.165, 1.54) is 18.2 Å². The highest BCUT2D eigenvalue weighted by atomic mass is 16.6. The van der Waals surface area contributed by atoms with Gasteiger partial charge in [-0.25, -0.2) is 0 Å². The molecule has 0 spiro atoms. The first kappa shape index (κ1) is 12.0. The van der Waals surface area contributed by atoms with Crippen molar-refractivity contribution in [2.24, 2.45) is 0 Å². The number of hydrogen-bond donors (Lipinski definition) is 2. The Kier molecular flexibility index (Phi) is 4.05. The first-order chi connectivity index (χ1) is 8.19. The number of allylic oxidation sites excluding steroid dienone is 1. The van der Waals surface area contributed by atoms with Crippen LogP contribution in [-0.4, -0.2) is 4.92 Å². The molecule has 0 unspecified atom stereocenters. The number of nitriles is 2. The van der Waals surface area contributed by atoms with E-state index in [1.54, 1.807) is 18.2 Å². The van der Waals surface area contributed by atoms with Gasteiger partial charge in [0.2, 0.25) is 0 Å². The Morgan fingerprint density at radius 3 is 2.59 bits per heavy atom. The Bertz CT molecular complexity index is 522. The topological polar surface area (TPSA) is 115 Å². The van der Waals surface area contributed by atoms with Gasteiger partial charge >= 0.3 is 0 Å². The lowest BCUT2D eigenvalue weighted by Gasteiger charge is -2.05. The van der Waals surface area contributed by atoms with Gasteiger partial charge in [0.1, 0.15) is 23.4 Å². The number of nitrogens with zero attached hydrogens (tertiary/aromatic N) is 3. The molecule has 1 aromatic carbocycles. The molecule has 1 aromatic rings. The van der Waals surface area contributed by atoms with Gasteiger partial charge in [0.05, 0.1) is 4.92 Å².